The Morgan fingerprint density at radius 3 is 2.82 bits per heavy atom. The molecule has 1 amide bonds. The van der Waals surface area contributed by atoms with Gasteiger partial charge < -0.3 is 24.8 Å². The normalized spacial score (nSPS) is 14.3. The van der Waals surface area contributed by atoms with E-state index in [1.165, 1.54) is 0 Å². The summed E-state index contributed by atoms with van der Waals surface area (Å²) in [5.41, 5.74) is 0. The molecule has 0 radical (unpaired) electrons. The van der Waals surface area contributed by atoms with E-state index >= 15 is 0 Å². The van der Waals surface area contributed by atoms with Crippen molar-refractivity contribution >= 4 is 35.8 Å². The van der Waals surface area contributed by atoms with E-state index in [9.17, 15) is 4.79 Å². The van der Waals surface area contributed by atoms with Crippen molar-refractivity contribution < 1.29 is 9.53 Å². The van der Waals surface area contributed by atoms with Crippen LogP contribution in [0.15, 0.2) is 11.3 Å². The maximum absolute atomic E-state index is 11.7. The number of guanidine groups is 1. The maximum Gasteiger partial charge on any atom is 0.222 e. The Balaban J connectivity index is 0.00000392. The lowest BCUT2D eigenvalue weighted by Gasteiger charge is -2.15. The molecule has 0 bridgehead atoms. The number of ether oxygens (including phenoxy) is 1. The molecule has 0 saturated carbocycles. The van der Waals surface area contributed by atoms with Gasteiger partial charge in [-0.1, -0.05) is 6.92 Å². The summed E-state index contributed by atoms with van der Waals surface area (Å²) >= 11 is 0. The third kappa shape index (κ3) is 8.72. The van der Waals surface area contributed by atoms with Gasteiger partial charge in [-0.25, -0.2) is 0 Å². The van der Waals surface area contributed by atoms with Crippen LogP contribution < -0.4 is 10.6 Å². The van der Waals surface area contributed by atoms with Gasteiger partial charge in [0.25, 0.3) is 0 Å². The summed E-state index contributed by atoms with van der Waals surface area (Å²) < 4.78 is 7.14. The van der Waals surface area contributed by atoms with Crippen molar-refractivity contribution in [3.63, 3.8) is 0 Å². The fraction of sp³-hybridized carbons (Fsp3) is 0.778. The van der Waals surface area contributed by atoms with Crippen LogP contribution in [0.5, 0.6) is 0 Å². The van der Waals surface area contributed by atoms with Gasteiger partial charge >= 0.3 is 0 Å². The maximum atomic E-state index is 11.7. The number of nitrogens with one attached hydrogen (secondary N) is 2. The standard InChI is InChI=1S/C18H33N7O2.HI/c1-3-16-23-22-15-25(16)13-10-21-18(20-9-6-14-27-2)19-8-5-12-24-11-4-7-17(24)26;/h15H,3-14H2,1-2H3,(H2,19,20,21);1H. The molecule has 160 valence electrons. The quantitative estimate of drug-likeness (QED) is 0.190. The van der Waals surface area contributed by atoms with E-state index in [0.29, 0.717) is 13.0 Å². The first kappa shape index (κ1) is 24.6. The summed E-state index contributed by atoms with van der Waals surface area (Å²) in [6, 6.07) is 0. The Bertz CT molecular complexity index is 594. The summed E-state index contributed by atoms with van der Waals surface area (Å²) in [6.07, 6.45) is 6.10. The van der Waals surface area contributed by atoms with Gasteiger partial charge in [-0.2, -0.15) is 0 Å². The van der Waals surface area contributed by atoms with E-state index in [1.807, 2.05) is 4.90 Å². The van der Waals surface area contributed by atoms with Crippen LogP contribution in [-0.4, -0.2) is 78.0 Å². The number of carbonyl (C=O) groups excluding carboxylic acids is 1. The highest BCUT2D eigenvalue weighted by Crippen LogP contribution is 2.09. The van der Waals surface area contributed by atoms with Crippen molar-refractivity contribution in [2.75, 3.05) is 46.4 Å². The van der Waals surface area contributed by atoms with Gasteiger partial charge in [-0.15, -0.1) is 34.2 Å². The molecule has 1 saturated heterocycles. The van der Waals surface area contributed by atoms with Crippen LogP contribution in [0.2, 0.25) is 0 Å². The van der Waals surface area contributed by atoms with E-state index in [0.717, 1.165) is 76.8 Å². The zero-order chi connectivity index (χ0) is 19.3. The number of aryl methyl sites for hydroxylation is 1. The first-order chi connectivity index (χ1) is 13.2. The molecule has 0 aromatic carbocycles. The smallest absolute Gasteiger partial charge is 0.222 e. The number of halogens is 1. The first-order valence-electron chi connectivity index (χ1n) is 9.90. The number of aromatic nitrogens is 3. The van der Waals surface area contributed by atoms with Gasteiger partial charge in [0.1, 0.15) is 12.2 Å². The second-order valence-corrected chi connectivity index (χ2v) is 6.56. The highest BCUT2D eigenvalue weighted by molar-refractivity contribution is 14.0. The number of hydrogen-bond donors (Lipinski definition) is 2. The largest absolute Gasteiger partial charge is 0.385 e. The molecule has 10 heteroatoms. The molecule has 0 spiro atoms. The van der Waals surface area contributed by atoms with Crippen LogP contribution in [0, 0.1) is 0 Å². The summed E-state index contributed by atoms with van der Waals surface area (Å²) in [5.74, 6) is 2.05. The number of aliphatic imine (C=N–C) groups is 1. The summed E-state index contributed by atoms with van der Waals surface area (Å²) in [7, 11) is 1.71. The van der Waals surface area contributed by atoms with Gasteiger partial charge in [0.05, 0.1) is 0 Å². The van der Waals surface area contributed by atoms with Crippen molar-refractivity contribution in [1.29, 1.82) is 0 Å². The van der Waals surface area contributed by atoms with Crippen molar-refractivity contribution in [3.8, 4) is 0 Å². The minimum atomic E-state index is 0. The lowest BCUT2D eigenvalue weighted by Crippen LogP contribution is -2.40. The number of rotatable bonds is 12. The lowest BCUT2D eigenvalue weighted by atomic mass is 10.4. The first-order valence-corrected chi connectivity index (χ1v) is 9.90. The predicted molar refractivity (Wildman–Crippen MR) is 120 cm³/mol. The minimum Gasteiger partial charge on any atom is -0.385 e. The Morgan fingerprint density at radius 2 is 2.11 bits per heavy atom. The van der Waals surface area contributed by atoms with Gasteiger partial charge in [0, 0.05) is 65.8 Å². The molecule has 2 heterocycles. The fourth-order valence-electron chi connectivity index (χ4n) is 3.02. The van der Waals surface area contributed by atoms with Crippen molar-refractivity contribution in [3.05, 3.63) is 12.2 Å². The third-order valence-corrected chi connectivity index (χ3v) is 4.50. The van der Waals surface area contributed by atoms with E-state index in [2.05, 4.69) is 37.3 Å². The second kappa shape index (κ2) is 14.6. The Labute approximate surface area is 184 Å². The molecule has 1 aromatic rings. The van der Waals surface area contributed by atoms with Crippen molar-refractivity contribution in [1.82, 2.24) is 30.3 Å². The summed E-state index contributed by atoms with van der Waals surface area (Å²) in [6.45, 7) is 7.50. The predicted octanol–water partition coefficient (Wildman–Crippen LogP) is 1.04. The van der Waals surface area contributed by atoms with E-state index < -0.39 is 0 Å². The van der Waals surface area contributed by atoms with Crippen LogP contribution >= 0.6 is 24.0 Å². The second-order valence-electron chi connectivity index (χ2n) is 6.56. The molecule has 1 aliphatic rings. The Kier molecular flexibility index (Phi) is 12.8. The van der Waals surface area contributed by atoms with Gasteiger partial charge in [0.2, 0.25) is 5.91 Å². The molecule has 1 fully saturated rings. The third-order valence-electron chi connectivity index (χ3n) is 4.50. The van der Waals surface area contributed by atoms with E-state index in [1.54, 1.807) is 13.4 Å². The lowest BCUT2D eigenvalue weighted by molar-refractivity contribution is -0.127. The molecule has 0 unspecified atom stereocenters. The molecular formula is C18H34IN7O2. The van der Waals surface area contributed by atoms with Gasteiger partial charge in [-0.3, -0.25) is 9.79 Å². The van der Waals surface area contributed by atoms with E-state index in [4.69, 9.17) is 4.74 Å². The van der Waals surface area contributed by atoms with Crippen molar-refractivity contribution in [2.45, 2.75) is 45.6 Å². The number of hydrogen-bond acceptors (Lipinski definition) is 5. The van der Waals surface area contributed by atoms with Crippen LogP contribution in [0.1, 0.15) is 38.4 Å². The molecule has 28 heavy (non-hydrogen) atoms. The van der Waals surface area contributed by atoms with Gasteiger partial charge in [-0.05, 0) is 19.3 Å². The molecule has 2 N–H and O–H groups in total. The SMILES string of the molecule is CCc1nncn1CCNC(=NCCCN1CCCC1=O)NCCCOC.I. The van der Waals surface area contributed by atoms with Crippen LogP contribution in [0.3, 0.4) is 0 Å². The molecule has 9 nitrogen and oxygen atoms in total. The van der Waals surface area contributed by atoms with Crippen LogP contribution in [0.4, 0.5) is 0 Å². The molecular weight excluding hydrogens is 473 g/mol. The Morgan fingerprint density at radius 1 is 1.29 bits per heavy atom. The number of likely N-dealkylation sites (tertiary alicyclic amines) is 1. The monoisotopic (exact) mass is 507 g/mol. The van der Waals surface area contributed by atoms with Crippen LogP contribution in [-0.2, 0) is 22.5 Å². The number of carbonyl (C=O) groups is 1. The zero-order valence-corrected chi connectivity index (χ0v) is 19.4. The zero-order valence-electron chi connectivity index (χ0n) is 17.0. The number of methoxy groups -OCH3 is 1. The topological polar surface area (TPSA) is 96.7 Å². The number of nitrogens with zero attached hydrogens (tertiary/aromatic N) is 5. The minimum absolute atomic E-state index is 0. The fourth-order valence-corrected chi connectivity index (χ4v) is 3.02. The summed E-state index contributed by atoms with van der Waals surface area (Å²) in [5, 5.41) is 14.8. The summed E-state index contributed by atoms with van der Waals surface area (Å²) in [4.78, 5) is 18.2. The molecule has 1 aromatic heterocycles. The van der Waals surface area contributed by atoms with Crippen molar-refractivity contribution in [2.24, 2.45) is 4.99 Å². The van der Waals surface area contributed by atoms with Gasteiger partial charge in [0.15, 0.2) is 5.96 Å². The molecule has 0 atom stereocenters. The average Bonchev–Trinajstić information content (AvgIpc) is 3.30. The molecule has 2 rings (SSSR count). The highest BCUT2D eigenvalue weighted by Gasteiger charge is 2.18. The molecule has 1 aliphatic heterocycles. The van der Waals surface area contributed by atoms with Crippen LogP contribution in [0.25, 0.3) is 0 Å². The average molecular weight is 507 g/mol. The number of amides is 1. The molecule has 0 aliphatic carbocycles. The van der Waals surface area contributed by atoms with E-state index in [-0.39, 0.29) is 29.9 Å². The highest BCUT2D eigenvalue weighted by atomic mass is 127. The Hall–Kier alpha value is -1.43.